The van der Waals surface area contributed by atoms with E-state index in [0.29, 0.717) is 5.03 Å². The quantitative estimate of drug-likeness (QED) is 0.387. The summed E-state index contributed by atoms with van der Waals surface area (Å²) in [5.74, 6) is 0. The fraction of sp³-hybridized carbons (Fsp3) is 0. The van der Waals surface area contributed by atoms with Gasteiger partial charge in [-0.15, -0.1) is 0 Å². The van der Waals surface area contributed by atoms with E-state index in [4.69, 9.17) is 34.8 Å². The second kappa shape index (κ2) is 6.06. The first kappa shape index (κ1) is 12.4. The van der Waals surface area contributed by atoms with E-state index in [9.17, 15) is 0 Å². The zero-order valence-corrected chi connectivity index (χ0v) is 9.92. The molecule has 0 aliphatic carbocycles. The van der Waals surface area contributed by atoms with Gasteiger partial charge >= 0.3 is 0 Å². The van der Waals surface area contributed by atoms with Crippen molar-refractivity contribution in [3.8, 4) is 6.07 Å². The van der Waals surface area contributed by atoms with Gasteiger partial charge in [-0.25, -0.2) is 0 Å². The summed E-state index contributed by atoms with van der Waals surface area (Å²) in [5, 5.41) is 9.15. The monoisotopic (exact) mass is 248 g/mol. The molecule has 1 rings (SSSR count). The summed E-state index contributed by atoms with van der Waals surface area (Å²) in [7, 11) is 0. The van der Waals surface area contributed by atoms with Gasteiger partial charge in [-0.05, 0) is 17.7 Å². The number of allylic oxidation sites excluding steroid dienone is 2. The number of nitriles is 1. The van der Waals surface area contributed by atoms with E-state index in [-0.39, 0.29) is 10.6 Å². The topological polar surface area (TPSA) is 49.8 Å². The molecule has 16 heavy (non-hydrogen) atoms. The lowest BCUT2D eigenvalue weighted by Gasteiger charge is -1.95. The van der Waals surface area contributed by atoms with Crippen LogP contribution in [0.4, 0.5) is 0 Å². The molecule has 0 spiro atoms. The van der Waals surface area contributed by atoms with Crippen LogP contribution in [0, 0.1) is 11.3 Å². The van der Waals surface area contributed by atoms with Gasteiger partial charge in [0.15, 0.2) is 0 Å². The van der Waals surface area contributed by atoms with Gasteiger partial charge in [0.25, 0.3) is 0 Å². The van der Waals surface area contributed by atoms with Crippen molar-refractivity contribution in [3.63, 3.8) is 0 Å². The number of thiocarbonyl (C=S) groups is 1. The Labute approximate surface area is 105 Å². The van der Waals surface area contributed by atoms with Gasteiger partial charge in [0.05, 0.1) is 5.57 Å². The third-order valence-electron chi connectivity index (χ3n) is 1.77. The molecule has 2 N–H and O–H groups in total. The average molecular weight is 249 g/mol. The lowest BCUT2D eigenvalue weighted by Crippen LogP contribution is -2.09. The highest BCUT2D eigenvalue weighted by atomic mass is 35.5. The Morgan fingerprint density at radius 1 is 1.38 bits per heavy atom. The Morgan fingerprint density at radius 3 is 2.50 bits per heavy atom. The van der Waals surface area contributed by atoms with Gasteiger partial charge in [-0.2, -0.15) is 5.26 Å². The Balaban J connectivity index is 2.96. The molecule has 0 atom stereocenters. The van der Waals surface area contributed by atoms with Crippen LogP contribution < -0.4 is 5.73 Å². The van der Waals surface area contributed by atoms with Crippen molar-refractivity contribution in [1.82, 2.24) is 0 Å². The highest BCUT2D eigenvalue weighted by molar-refractivity contribution is 7.80. The minimum atomic E-state index is 0.0436. The van der Waals surface area contributed by atoms with E-state index < -0.39 is 0 Å². The van der Waals surface area contributed by atoms with Crippen LogP contribution in [0.1, 0.15) is 5.56 Å². The number of halogens is 1. The van der Waals surface area contributed by atoms with Crippen LogP contribution in [0.15, 0.2) is 47.0 Å². The summed E-state index contributed by atoms with van der Waals surface area (Å²) in [4.78, 5) is 0.0436. The molecule has 0 fully saturated rings. The number of nitrogens with two attached hydrogens (primary N) is 1. The molecule has 80 valence electrons. The van der Waals surface area contributed by atoms with E-state index in [0.717, 1.165) is 5.56 Å². The molecule has 0 amide bonds. The molecule has 0 aliphatic heterocycles. The van der Waals surface area contributed by atoms with Gasteiger partial charge in [-0.3, -0.25) is 0 Å². The van der Waals surface area contributed by atoms with Crippen LogP contribution in [-0.4, -0.2) is 4.99 Å². The second-order valence-electron chi connectivity index (χ2n) is 2.97. The lowest BCUT2D eigenvalue weighted by molar-refractivity contribution is 1.51. The number of hydrogen-bond acceptors (Lipinski definition) is 2. The standard InChI is InChI=1S/C12H9ClN2S/c13-11(7-10(8-14)12(15)16)6-9-4-2-1-3-5-9/h1-7H,(H2,15,16)/b10-7+,11-6+. The summed E-state index contributed by atoms with van der Waals surface area (Å²) >= 11 is 10.7. The minimum absolute atomic E-state index is 0.0436. The predicted molar refractivity (Wildman–Crippen MR) is 70.8 cm³/mol. The summed E-state index contributed by atoms with van der Waals surface area (Å²) in [5.41, 5.74) is 6.49. The van der Waals surface area contributed by atoms with Crippen molar-refractivity contribution in [1.29, 1.82) is 5.26 Å². The maximum absolute atomic E-state index is 8.74. The maximum Gasteiger partial charge on any atom is 0.114 e. The highest BCUT2D eigenvalue weighted by Gasteiger charge is 1.99. The van der Waals surface area contributed by atoms with Gasteiger partial charge in [0.2, 0.25) is 0 Å². The van der Waals surface area contributed by atoms with Gasteiger partial charge in [0.1, 0.15) is 11.1 Å². The zero-order chi connectivity index (χ0) is 12.0. The molecular formula is C12H9ClN2S. The van der Waals surface area contributed by atoms with Crippen molar-refractivity contribution < 1.29 is 0 Å². The van der Waals surface area contributed by atoms with Crippen LogP contribution in [0.5, 0.6) is 0 Å². The molecule has 2 nitrogen and oxygen atoms in total. The molecule has 0 radical (unpaired) electrons. The Bertz CT molecular complexity index is 483. The van der Waals surface area contributed by atoms with Crippen LogP contribution >= 0.6 is 23.8 Å². The molecule has 4 heteroatoms. The van der Waals surface area contributed by atoms with Gasteiger partial charge in [-0.1, -0.05) is 54.2 Å². The smallest absolute Gasteiger partial charge is 0.114 e. The van der Waals surface area contributed by atoms with Crippen molar-refractivity contribution >= 4 is 34.9 Å². The Kier molecular flexibility index (Phi) is 4.71. The molecule has 0 bridgehead atoms. The summed E-state index contributed by atoms with van der Waals surface area (Å²) in [6.45, 7) is 0. The third-order valence-corrected chi connectivity index (χ3v) is 2.21. The molecule has 0 aliphatic rings. The van der Waals surface area contributed by atoms with E-state index in [1.165, 1.54) is 6.08 Å². The molecule has 1 aromatic rings. The van der Waals surface area contributed by atoms with Gasteiger partial charge in [0, 0.05) is 5.03 Å². The minimum Gasteiger partial charge on any atom is -0.389 e. The van der Waals surface area contributed by atoms with Crippen LogP contribution in [0.2, 0.25) is 0 Å². The SMILES string of the molecule is N#C/C(=C\C(Cl)=C/c1ccccc1)C(N)=S. The molecule has 0 heterocycles. The molecule has 0 saturated heterocycles. The second-order valence-corrected chi connectivity index (χ2v) is 3.85. The Morgan fingerprint density at radius 2 is 2.00 bits per heavy atom. The zero-order valence-electron chi connectivity index (χ0n) is 8.35. The molecule has 1 aromatic carbocycles. The van der Waals surface area contributed by atoms with Gasteiger partial charge < -0.3 is 5.73 Å². The van der Waals surface area contributed by atoms with Crippen molar-refractivity contribution in [2.24, 2.45) is 5.73 Å². The summed E-state index contributed by atoms with van der Waals surface area (Å²) in [6, 6.07) is 11.4. The number of benzene rings is 1. The first-order valence-electron chi connectivity index (χ1n) is 4.47. The molecular weight excluding hydrogens is 240 g/mol. The van der Waals surface area contributed by atoms with E-state index in [1.54, 1.807) is 6.08 Å². The largest absolute Gasteiger partial charge is 0.389 e. The van der Waals surface area contributed by atoms with Crippen molar-refractivity contribution in [2.45, 2.75) is 0 Å². The van der Waals surface area contributed by atoms with E-state index >= 15 is 0 Å². The average Bonchev–Trinajstić information content (AvgIpc) is 2.27. The first-order chi connectivity index (χ1) is 7.63. The number of rotatable bonds is 3. The molecule has 0 aromatic heterocycles. The number of hydrogen-bond donors (Lipinski definition) is 1. The van der Waals surface area contributed by atoms with Crippen LogP contribution in [0.25, 0.3) is 6.08 Å². The van der Waals surface area contributed by atoms with Crippen LogP contribution in [-0.2, 0) is 0 Å². The first-order valence-corrected chi connectivity index (χ1v) is 5.26. The molecule has 0 saturated carbocycles. The van der Waals surface area contributed by atoms with E-state index in [1.807, 2.05) is 36.4 Å². The maximum atomic E-state index is 8.74. The lowest BCUT2D eigenvalue weighted by atomic mass is 10.2. The highest BCUT2D eigenvalue weighted by Crippen LogP contribution is 2.13. The van der Waals surface area contributed by atoms with Crippen molar-refractivity contribution in [2.75, 3.05) is 0 Å². The molecule has 0 unspecified atom stereocenters. The number of nitrogens with zero attached hydrogens (tertiary/aromatic N) is 1. The van der Waals surface area contributed by atoms with Crippen LogP contribution in [0.3, 0.4) is 0 Å². The third kappa shape index (κ3) is 3.85. The summed E-state index contributed by atoms with van der Waals surface area (Å²) in [6.07, 6.45) is 3.19. The predicted octanol–water partition coefficient (Wildman–Crippen LogP) is 3.00. The Hall–Kier alpha value is -1.63. The fourth-order valence-electron chi connectivity index (χ4n) is 1.05. The normalized spacial score (nSPS) is 12.0. The van der Waals surface area contributed by atoms with Crippen molar-refractivity contribution in [3.05, 3.63) is 52.6 Å². The van der Waals surface area contributed by atoms with E-state index in [2.05, 4.69) is 0 Å². The fourth-order valence-corrected chi connectivity index (χ4v) is 1.39. The summed E-state index contributed by atoms with van der Waals surface area (Å²) < 4.78 is 0.